The van der Waals surface area contributed by atoms with Crippen molar-refractivity contribution >= 4 is 51.1 Å². The molecule has 3 N–H and O–H groups in total. The fourth-order valence-corrected chi connectivity index (χ4v) is 3.69. The number of carbonyl (C=O) groups excluding carboxylic acids is 1. The molecule has 0 aliphatic heterocycles. The average molecular weight is 420 g/mol. The molecule has 0 bridgehead atoms. The van der Waals surface area contributed by atoms with Gasteiger partial charge in [-0.1, -0.05) is 29.9 Å². The predicted octanol–water partition coefficient (Wildman–Crippen LogP) is 4.45. The second-order valence-electron chi connectivity index (χ2n) is 5.51. The number of halogens is 1. The zero-order valence-corrected chi connectivity index (χ0v) is 16.2. The van der Waals surface area contributed by atoms with E-state index in [0.29, 0.717) is 26.6 Å². The monoisotopic (exact) mass is 419 g/mol. The molecule has 138 valence electrons. The molecule has 9 heteroatoms. The Bertz CT molecular complexity index is 1140. The summed E-state index contributed by atoms with van der Waals surface area (Å²) in [7, 11) is -3.78. The number of sulfonamides is 1. The molecule has 0 spiro atoms. The molecule has 0 fully saturated rings. The first-order chi connectivity index (χ1) is 12.8. The highest BCUT2D eigenvalue weighted by molar-refractivity contribution is 7.92. The van der Waals surface area contributed by atoms with Crippen LogP contribution in [-0.2, 0) is 10.0 Å². The molecule has 0 atom stereocenters. The van der Waals surface area contributed by atoms with Gasteiger partial charge in [-0.05, 0) is 54.6 Å². The van der Waals surface area contributed by atoms with Crippen LogP contribution < -0.4 is 10.0 Å². The lowest BCUT2D eigenvalue weighted by Gasteiger charge is -2.10. The largest absolute Gasteiger partial charge is 0.352 e. The fourth-order valence-electron chi connectivity index (χ4n) is 2.29. The summed E-state index contributed by atoms with van der Waals surface area (Å²) < 4.78 is 27.7. The van der Waals surface area contributed by atoms with Crippen LogP contribution in [0.1, 0.15) is 10.4 Å². The quantitative estimate of drug-likeness (QED) is 0.533. The van der Waals surface area contributed by atoms with Crippen molar-refractivity contribution in [2.24, 2.45) is 0 Å². The van der Waals surface area contributed by atoms with Gasteiger partial charge < -0.3 is 10.3 Å². The van der Waals surface area contributed by atoms with Crippen molar-refractivity contribution in [3.05, 3.63) is 82.1 Å². The minimum Gasteiger partial charge on any atom is -0.352 e. The van der Waals surface area contributed by atoms with Gasteiger partial charge in [-0.3, -0.25) is 9.52 Å². The Morgan fingerprint density at radius 1 is 1.00 bits per heavy atom. The van der Waals surface area contributed by atoms with Crippen molar-refractivity contribution in [3.63, 3.8) is 0 Å². The van der Waals surface area contributed by atoms with Gasteiger partial charge in [0.15, 0.2) is 0 Å². The Morgan fingerprint density at radius 3 is 2.41 bits per heavy atom. The summed E-state index contributed by atoms with van der Waals surface area (Å²) in [6.07, 6.45) is 1.63. The lowest BCUT2D eigenvalue weighted by Crippen LogP contribution is -2.15. The normalized spacial score (nSPS) is 11.0. The Morgan fingerprint density at radius 2 is 1.70 bits per heavy atom. The number of rotatable bonds is 5. The third-order valence-electron chi connectivity index (χ3n) is 3.56. The van der Waals surface area contributed by atoms with Crippen LogP contribution in [0.3, 0.4) is 0 Å². The second kappa shape index (κ2) is 7.91. The van der Waals surface area contributed by atoms with Crippen LogP contribution in [0.4, 0.5) is 11.4 Å². The van der Waals surface area contributed by atoms with Crippen LogP contribution in [0, 0.1) is 4.64 Å². The van der Waals surface area contributed by atoms with E-state index in [-0.39, 0.29) is 4.90 Å². The maximum atomic E-state index is 12.5. The van der Waals surface area contributed by atoms with Gasteiger partial charge in [0, 0.05) is 16.9 Å². The van der Waals surface area contributed by atoms with E-state index in [0.717, 1.165) is 0 Å². The second-order valence-corrected chi connectivity index (χ2v) is 8.03. The van der Waals surface area contributed by atoms with Crippen LogP contribution in [0.25, 0.3) is 0 Å². The number of benzene rings is 2. The topological polar surface area (TPSA) is 91.1 Å². The van der Waals surface area contributed by atoms with Gasteiger partial charge in [-0.2, -0.15) is 0 Å². The first-order valence-electron chi connectivity index (χ1n) is 7.73. The molecule has 3 aromatic rings. The maximum Gasteiger partial charge on any atom is 0.261 e. The van der Waals surface area contributed by atoms with Crippen molar-refractivity contribution < 1.29 is 13.2 Å². The summed E-state index contributed by atoms with van der Waals surface area (Å²) in [6.45, 7) is 0. The van der Waals surface area contributed by atoms with E-state index in [2.05, 4.69) is 15.0 Å². The molecule has 0 unspecified atom stereocenters. The van der Waals surface area contributed by atoms with E-state index in [1.54, 1.807) is 36.5 Å². The standard InChI is InChI=1S/C18H14ClN3O3S2/c19-12-6-8-15(9-7-12)27(24,25)22-14-4-1-3-13(11-14)21-17(23)16-5-2-10-20-18(16)26/h1-11,22H,(H,20,26)(H,21,23). The van der Waals surface area contributed by atoms with Gasteiger partial charge in [0.25, 0.3) is 15.9 Å². The molecular weight excluding hydrogens is 406 g/mol. The van der Waals surface area contributed by atoms with Crippen LogP contribution in [-0.4, -0.2) is 19.3 Å². The van der Waals surface area contributed by atoms with Crippen molar-refractivity contribution in [2.45, 2.75) is 4.90 Å². The number of aromatic nitrogens is 1. The molecule has 27 heavy (non-hydrogen) atoms. The smallest absolute Gasteiger partial charge is 0.261 e. The summed E-state index contributed by atoms with van der Waals surface area (Å²) in [5.41, 5.74) is 1.05. The molecule has 0 aliphatic rings. The van der Waals surface area contributed by atoms with Crippen molar-refractivity contribution in [3.8, 4) is 0 Å². The van der Waals surface area contributed by atoms with E-state index >= 15 is 0 Å². The fraction of sp³-hybridized carbons (Fsp3) is 0. The van der Waals surface area contributed by atoms with E-state index in [9.17, 15) is 13.2 Å². The predicted molar refractivity (Wildman–Crippen MR) is 108 cm³/mol. The first-order valence-corrected chi connectivity index (χ1v) is 9.99. The number of hydrogen-bond acceptors (Lipinski definition) is 4. The molecule has 1 aromatic heterocycles. The molecule has 0 saturated heterocycles. The Labute approximate surface area is 166 Å². The molecule has 3 rings (SSSR count). The Hall–Kier alpha value is -2.68. The summed E-state index contributed by atoms with van der Waals surface area (Å²) in [4.78, 5) is 15.2. The molecule has 2 aromatic carbocycles. The number of nitrogens with one attached hydrogen (secondary N) is 3. The molecule has 1 heterocycles. The van der Waals surface area contributed by atoms with E-state index in [1.807, 2.05) is 0 Å². The molecule has 6 nitrogen and oxygen atoms in total. The summed E-state index contributed by atoms with van der Waals surface area (Å²) in [6, 6.07) is 15.4. The number of aromatic amines is 1. The van der Waals surface area contributed by atoms with Crippen LogP contribution in [0.15, 0.2) is 71.8 Å². The number of pyridine rings is 1. The lowest BCUT2D eigenvalue weighted by atomic mass is 10.2. The molecular formula is C18H14ClN3O3S2. The third kappa shape index (κ3) is 4.73. The molecule has 0 saturated carbocycles. The van der Waals surface area contributed by atoms with E-state index in [4.69, 9.17) is 23.8 Å². The average Bonchev–Trinajstić information content (AvgIpc) is 2.62. The third-order valence-corrected chi connectivity index (χ3v) is 5.55. The van der Waals surface area contributed by atoms with Gasteiger partial charge in [0.2, 0.25) is 0 Å². The molecule has 0 radical (unpaired) electrons. The first kappa shape index (κ1) is 19.1. The minimum absolute atomic E-state index is 0.0805. The van der Waals surface area contributed by atoms with E-state index in [1.165, 1.54) is 30.3 Å². The minimum atomic E-state index is -3.78. The van der Waals surface area contributed by atoms with Gasteiger partial charge >= 0.3 is 0 Å². The van der Waals surface area contributed by atoms with Crippen LogP contribution in [0.5, 0.6) is 0 Å². The van der Waals surface area contributed by atoms with Gasteiger partial charge in [-0.15, -0.1) is 0 Å². The molecule has 1 amide bonds. The Kier molecular flexibility index (Phi) is 5.59. The Balaban J connectivity index is 1.79. The van der Waals surface area contributed by atoms with Gasteiger partial charge in [0.05, 0.1) is 16.1 Å². The highest BCUT2D eigenvalue weighted by atomic mass is 35.5. The zero-order valence-electron chi connectivity index (χ0n) is 13.8. The highest BCUT2D eigenvalue weighted by Gasteiger charge is 2.15. The number of hydrogen-bond donors (Lipinski definition) is 3. The van der Waals surface area contributed by atoms with Gasteiger partial charge in [0.1, 0.15) is 4.64 Å². The number of anilines is 2. The van der Waals surface area contributed by atoms with Crippen molar-refractivity contribution in [2.75, 3.05) is 10.0 Å². The van der Waals surface area contributed by atoms with Gasteiger partial charge in [-0.25, -0.2) is 8.42 Å². The summed E-state index contributed by atoms with van der Waals surface area (Å²) >= 11 is 10.9. The summed E-state index contributed by atoms with van der Waals surface area (Å²) in [5, 5.41) is 3.14. The number of H-pyrrole nitrogens is 1. The lowest BCUT2D eigenvalue weighted by molar-refractivity contribution is 0.102. The SMILES string of the molecule is O=C(Nc1cccc(NS(=O)(=O)c2ccc(Cl)cc2)c1)c1ccc[nH]c1=S. The highest BCUT2D eigenvalue weighted by Crippen LogP contribution is 2.21. The van der Waals surface area contributed by atoms with Crippen LogP contribution in [0.2, 0.25) is 5.02 Å². The van der Waals surface area contributed by atoms with E-state index < -0.39 is 15.9 Å². The van der Waals surface area contributed by atoms with Crippen molar-refractivity contribution in [1.29, 1.82) is 0 Å². The van der Waals surface area contributed by atoms with Crippen molar-refractivity contribution in [1.82, 2.24) is 4.98 Å². The zero-order chi connectivity index (χ0) is 19.4. The molecule has 0 aliphatic carbocycles. The maximum absolute atomic E-state index is 12.5. The number of carbonyl (C=O) groups is 1. The van der Waals surface area contributed by atoms with Crippen LogP contribution >= 0.6 is 23.8 Å². The summed E-state index contributed by atoms with van der Waals surface area (Å²) in [5.74, 6) is -0.394. The number of amides is 1.